The highest BCUT2D eigenvalue weighted by atomic mass is 15.1. The first-order valence-corrected chi connectivity index (χ1v) is 15.4. The zero-order valence-electron chi connectivity index (χ0n) is 25.7. The fraction of sp³-hybridized carbons (Fsp3) is 0.316. The molecule has 1 aromatic heterocycles. The summed E-state index contributed by atoms with van der Waals surface area (Å²) in [6.07, 6.45) is 0.990. The fourth-order valence-electron chi connectivity index (χ4n) is 6.59. The zero-order valence-corrected chi connectivity index (χ0v) is 25.7. The van der Waals surface area contributed by atoms with Crippen molar-refractivity contribution in [2.45, 2.75) is 47.0 Å². The van der Waals surface area contributed by atoms with E-state index >= 15 is 0 Å². The van der Waals surface area contributed by atoms with E-state index in [1.807, 2.05) is 0 Å². The number of benzene rings is 4. The second kappa shape index (κ2) is 12.7. The molecule has 5 rings (SSSR count). The number of para-hydroxylation sites is 1. The number of rotatable bonds is 11. The van der Waals surface area contributed by atoms with Crippen LogP contribution in [0.15, 0.2) is 97.1 Å². The largest absolute Gasteiger partial charge is 0.372 e. The summed E-state index contributed by atoms with van der Waals surface area (Å²) in [7, 11) is 2.22. The topological polar surface area (TPSA) is 11.4 Å². The number of fused-ring (bicyclic) bond motifs is 1. The summed E-state index contributed by atoms with van der Waals surface area (Å²) in [5.41, 5.74) is 11.9. The van der Waals surface area contributed by atoms with Crippen molar-refractivity contribution in [3.63, 3.8) is 0 Å². The first-order chi connectivity index (χ1) is 20.1. The van der Waals surface area contributed by atoms with E-state index in [-0.39, 0.29) is 5.92 Å². The van der Waals surface area contributed by atoms with Crippen molar-refractivity contribution in [2.75, 3.05) is 36.0 Å². The van der Waals surface area contributed by atoms with Gasteiger partial charge in [0.2, 0.25) is 0 Å². The number of aryl methyl sites for hydroxylation is 2. The molecule has 3 nitrogen and oxygen atoms in total. The Kier molecular flexibility index (Phi) is 8.83. The summed E-state index contributed by atoms with van der Waals surface area (Å²) in [5.74, 6) is 0.0998. The van der Waals surface area contributed by atoms with Gasteiger partial charge in [0, 0.05) is 61.4 Å². The van der Waals surface area contributed by atoms with Crippen LogP contribution in [-0.2, 0) is 13.5 Å². The second-order valence-corrected chi connectivity index (χ2v) is 10.8. The van der Waals surface area contributed by atoms with Crippen LogP contribution in [0.1, 0.15) is 62.8 Å². The van der Waals surface area contributed by atoms with Gasteiger partial charge in [-0.1, -0.05) is 73.7 Å². The molecule has 0 radical (unpaired) electrons. The lowest BCUT2D eigenvalue weighted by Crippen LogP contribution is -2.22. The summed E-state index contributed by atoms with van der Waals surface area (Å²) in [4.78, 5) is 4.87. The molecule has 1 unspecified atom stereocenters. The molecule has 0 aliphatic rings. The Hall–Kier alpha value is -3.98. The predicted octanol–water partition coefficient (Wildman–Crippen LogP) is 9.28. The average molecular weight is 544 g/mol. The number of aromatic nitrogens is 1. The zero-order chi connectivity index (χ0) is 28.9. The number of anilines is 2. The van der Waals surface area contributed by atoms with E-state index in [9.17, 15) is 0 Å². The van der Waals surface area contributed by atoms with Gasteiger partial charge in [-0.2, -0.15) is 0 Å². The van der Waals surface area contributed by atoms with Crippen molar-refractivity contribution in [3.8, 4) is 11.3 Å². The van der Waals surface area contributed by atoms with Gasteiger partial charge in [0.05, 0.1) is 5.69 Å². The highest BCUT2D eigenvalue weighted by Gasteiger charge is 2.28. The normalized spacial score (nSPS) is 12.0. The molecular formula is C38H45N3. The monoisotopic (exact) mass is 543 g/mol. The molecule has 0 bridgehead atoms. The van der Waals surface area contributed by atoms with Crippen LogP contribution in [0.5, 0.6) is 0 Å². The number of hydrogen-bond acceptors (Lipinski definition) is 2. The molecule has 0 aliphatic carbocycles. The lowest BCUT2D eigenvalue weighted by molar-refractivity contribution is 0.858. The maximum Gasteiger partial charge on any atom is 0.0530 e. The Labute approximate surface area is 247 Å². The quantitative estimate of drug-likeness (QED) is 0.164. The Balaban J connectivity index is 1.81. The van der Waals surface area contributed by atoms with E-state index in [1.54, 1.807) is 0 Å². The van der Waals surface area contributed by atoms with Crippen molar-refractivity contribution >= 4 is 22.3 Å². The van der Waals surface area contributed by atoms with Gasteiger partial charge in [-0.05, 0) is 92.3 Å². The van der Waals surface area contributed by atoms with Gasteiger partial charge in [0.25, 0.3) is 0 Å². The maximum atomic E-state index is 2.45. The SMILES string of the molecule is CCc1cc(N(CC)CC)ccc1C(c1ccc(N(CC)CC)cc1)c1c(-c2ccccc2)n(C)c2ccccc12. The highest BCUT2D eigenvalue weighted by Crippen LogP contribution is 2.45. The van der Waals surface area contributed by atoms with E-state index in [1.165, 1.54) is 55.8 Å². The molecule has 0 N–H and O–H groups in total. The van der Waals surface area contributed by atoms with Gasteiger partial charge >= 0.3 is 0 Å². The standard InChI is InChI=1S/C38H45N3/c1-7-28-27-32(41(10-4)11-5)25-26-33(28)36(29-21-23-31(24-22-29)40(8-2)9-3)37-34-19-15-16-20-35(34)39(6)38(37)30-17-13-12-14-18-30/h12-27,36H,7-11H2,1-6H3. The maximum absolute atomic E-state index is 2.45. The Morgan fingerprint density at radius 3 is 1.85 bits per heavy atom. The van der Waals surface area contributed by atoms with Gasteiger partial charge in [0.15, 0.2) is 0 Å². The Morgan fingerprint density at radius 1 is 0.634 bits per heavy atom. The molecule has 0 amide bonds. The first kappa shape index (κ1) is 28.5. The molecule has 4 aromatic carbocycles. The van der Waals surface area contributed by atoms with Gasteiger partial charge in [0.1, 0.15) is 0 Å². The van der Waals surface area contributed by atoms with E-state index in [0.29, 0.717) is 0 Å². The Bertz CT molecular complexity index is 1570. The molecule has 212 valence electrons. The Morgan fingerprint density at radius 2 is 1.22 bits per heavy atom. The summed E-state index contributed by atoms with van der Waals surface area (Å²) < 4.78 is 2.40. The van der Waals surface area contributed by atoms with Crippen LogP contribution in [0, 0.1) is 0 Å². The van der Waals surface area contributed by atoms with Crippen molar-refractivity contribution in [1.82, 2.24) is 4.57 Å². The smallest absolute Gasteiger partial charge is 0.0530 e. The number of hydrogen-bond donors (Lipinski definition) is 0. The minimum absolute atomic E-state index is 0.0998. The minimum Gasteiger partial charge on any atom is -0.372 e. The van der Waals surface area contributed by atoms with Crippen LogP contribution >= 0.6 is 0 Å². The van der Waals surface area contributed by atoms with E-state index in [0.717, 1.165) is 32.6 Å². The first-order valence-electron chi connectivity index (χ1n) is 15.4. The van der Waals surface area contributed by atoms with Gasteiger partial charge in [-0.15, -0.1) is 0 Å². The fourth-order valence-corrected chi connectivity index (χ4v) is 6.59. The van der Waals surface area contributed by atoms with Crippen LogP contribution in [0.4, 0.5) is 11.4 Å². The summed E-state index contributed by atoms with van der Waals surface area (Å²) >= 11 is 0. The molecule has 3 heteroatoms. The molecule has 0 fully saturated rings. The van der Waals surface area contributed by atoms with Crippen molar-refractivity contribution in [3.05, 3.63) is 119 Å². The van der Waals surface area contributed by atoms with Crippen LogP contribution in [0.25, 0.3) is 22.2 Å². The minimum atomic E-state index is 0.0998. The third-order valence-electron chi connectivity index (χ3n) is 8.78. The van der Waals surface area contributed by atoms with Crippen LogP contribution in [0.2, 0.25) is 0 Å². The van der Waals surface area contributed by atoms with Crippen LogP contribution in [0.3, 0.4) is 0 Å². The second-order valence-electron chi connectivity index (χ2n) is 10.8. The van der Waals surface area contributed by atoms with Crippen LogP contribution < -0.4 is 9.80 Å². The molecule has 1 atom stereocenters. The molecular weight excluding hydrogens is 498 g/mol. The molecule has 5 aromatic rings. The van der Waals surface area contributed by atoms with Crippen LogP contribution in [-0.4, -0.2) is 30.7 Å². The summed E-state index contributed by atoms with van der Waals surface area (Å²) in [6, 6.07) is 36.4. The van der Waals surface area contributed by atoms with Gasteiger partial charge in [-0.25, -0.2) is 0 Å². The lowest BCUT2D eigenvalue weighted by Gasteiger charge is -2.27. The number of nitrogens with zero attached hydrogens (tertiary/aromatic N) is 3. The molecule has 0 aliphatic heterocycles. The van der Waals surface area contributed by atoms with E-state index in [2.05, 4.69) is 153 Å². The molecule has 1 heterocycles. The molecule has 0 saturated heterocycles. The average Bonchev–Trinajstić information content (AvgIpc) is 3.32. The lowest BCUT2D eigenvalue weighted by atomic mass is 9.80. The third-order valence-corrected chi connectivity index (χ3v) is 8.78. The van der Waals surface area contributed by atoms with Gasteiger partial charge in [-0.3, -0.25) is 0 Å². The molecule has 0 spiro atoms. The van der Waals surface area contributed by atoms with Gasteiger partial charge < -0.3 is 14.4 Å². The van der Waals surface area contributed by atoms with Crippen molar-refractivity contribution in [1.29, 1.82) is 0 Å². The van der Waals surface area contributed by atoms with E-state index < -0.39 is 0 Å². The molecule has 0 saturated carbocycles. The van der Waals surface area contributed by atoms with E-state index in [4.69, 9.17) is 0 Å². The summed E-state index contributed by atoms with van der Waals surface area (Å²) in [5, 5.41) is 1.32. The van der Waals surface area contributed by atoms with Crippen molar-refractivity contribution in [2.24, 2.45) is 7.05 Å². The third kappa shape index (κ3) is 5.38. The summed E-state index contributed by atoms with van der Waals surface area (Å²) in [6.45, 7) is 15.3. The predicted molar refractivity (Wildman–Crippen MR) is 179 cm³/mol. The highest BCUT2D eigenvalue weighted by molar-refractivity contribution is 5.93. The molecule has 41 heavy (non-hydrogen) atoms. The van der Waals surface area contributed by atoms with Crippen molar-refractivity contribution < 1.29 is 0 Å².